The summed E-state index contributed by atoms with van der Waals surface area (Å²) in [5.41, 5.74) is 1.24. The Morgan fingerprint density at radius 3 is 2.64 bits per heavy atom. The van der Waals surface area contributed by atoms with Gasteiger partial charge in [0.15, 0.2) is 5.96 Å². The fourth-order valence-corrected chi connectivity index (χ4v) is 3.71. The molecule has 1 aromatic rings. The number of piperidine rings is 1. The zero-order valence-electron chi connectivity index (χ0n) is 17.5. The van der Waals surface area contributed by atoms with E-state index in [2.05, 4.69) is 41.2 Å². The Hall–Kier alpha value is -1.79. The zero-order chi connectivity index (χ0) is 19.8. The first-order valence-corrected chi connectivity index (χ1v) is 10.6. The molecular formula is C22H35N3O3. The van der Waals surface area contributed by atoms with E-state index >= 15 is 0 Å². The van der Waals surface area contributed by atoms with Crippen LogP contribution in [-0.2, 0) is 9.47 Å². The molecule has 1 N–H and O–H groups in total. The molecule has 28 heavy (non-hydrogen) atoms. The van der Waals surface area contributed by atoms with E-state index in [0.717, 1.165) is 63.8 Å². The van der Waals surface area contributed by atoms with Gasteiger partial charge >= 0.3 is 0 Å². The van der Waals surface area contributed by atoms with Gasteiger partial charge in [-0.25, -0.2) is 0 Å². The first-order chi connectivity index (χ1) is 13.6. The van der Waals surface area contributed by atoms with Gasteiger partial charge in [0.05, 0.1) is 25.4 Å². The second-order valence-electron chi connectivity index (χ2n) is 7.82. The molecule has 2 heterocycles. The number of nitrogens with zero attached hydrogens (tertiary/aromatic N) is 2. The van der Waals surface area contributed by atoms with Crippen molar-refractivity contribution in [2.24, 2.45) is 4.99 Å². The average Bonchev–Trinajstić information content (AvgIpc) is 3.23. The summed E-state index contributed by atoms with van der Waals surface area (Å²) in [5, 5.41) is 3.45. The number of rotatable bonds is 7. The lowest BCUT2D eigenvalue weighted by Crippen LogP contribution is -2.49. The van der Waals surface area contributed by atoms with Crippen molar-refractivity contribution in [2.45, 2.75) is 57.8 Å². The molecule has 1 aromatic carbocycles. The molecule has 2 fully saturated rings. The molecule has 2 saturated heterocycles. The van der Waals surface area contributed by atoms with Crippen LogP contribution in [0.4, 0.5) is 0 Å². The predicted octanol–water partition coefficient (Wildman–Crippen LogP) is 3.00. The Labute approximate surface area is 169 Å². The third-order valence-electron chi connectivity index (χ3n) is 5.40. The van der Waals surface area contributed by atoms with Gasteiger partial charge in [0.25, 0.3) is 0 Å². The van der Waals surface area contributed by atoms with Gasteiger partial charge in [-0.3, -0.25) is 4.99 Å². The lowest BCUT2D eigenvalue weighted by molar-refractivity contribution is -0.0367. The lowest BCUT2D eigenvalue weighted by Gasteiger charge is -2.34. The molecule has 3 rings (SSSR count). The third-order valence-corrected chi connectivity index (χ3v) is 5.40. The summed E-state index contributed by atoms with van der Waals surface area (Å²) >= 11 is 0. The maximum absolute atomic E-state index is 6.07. The molecule has 156 valence electrons. The van der Waals surface area contributed by atoms with Crippen LogP contribution in [0.5, 0.6) is 5.75 Å². The van der Waals surface area contributed by atoms with Crippen molar-refractivity contribution < 1.29 is 14.2 Å². The SMILES string of the molecule is CN=C(NCC(C)Oc1ccc(C)cc1)N1CCC(OCC2CCCO2)CC1. The molecule has 2 unspecified atom stereocenters. The Morgan fingerprint density at radius 2 is 2.00 bits per heavy atom. The van der Waals surface area contributed by atoms with Crippen molar-refractivity contribution in [3.05, 3.63) is 29.8 Å². The minimum absolute atomic E-state index is 0.0618. The number of guanidine groups is 1. The van der Waals surface area contributed by atoms with E-state index in [1.165, 1.54) is 12.0 Å². The van der Waals surface area contributed by atoms with Crippen LogP contribution in [0.3, 0.4) is 0 Å². The molecule has 2 aliphatic rings. The molecular weight excluding hydrogens is 354 g/mol. The number of hydrogen-bond acceptors (Lipinski definition) is 4. The highest BCUT2D eigenvalue weighted by Crippen LogP contribution is 2.18. The second-order valence-corrected chi connectivity index (χ2v) is 7.82. The number of hydrogen-bond donors (Lipinski definition) is 1. The Kier molecular flexibility index (Phi) is 7.98. The molecule has 6 heteroatoms. The Bertz CT molecular complexity index is 606. The van der Waals surface area contributed by atoms with Crippen LogP contribution in [-0.4, -0.2) is 69.1 Å². The number of nitrogens with one attached hydrogen (secondary N) is 1. The number of ether oxygens (including phenoxy) is 3. The van der Waals surface area contributed by atoms with Crippen LogP contribution in [0.1, 0.15) is 38.2 Å². The van der Waals surface area contributed by atoms with Crippen molar-refractivity contribution in [2.75, 3.05) is 39.9 Å². The number of aryl methyl sites for hydroxylation is 1. The summed E-state index contributed by atoms with van der Waals surface area (Å²) in [6.07, 6.45) is 5.07. The molecule has 0 aromatic heterocycles. The molecule has 6 nitrogen and oxygen atoms in total. The second kappa shape index (κ2) is 10.7. The molecule has 0 saturated carbocycles. The van der Waals surface area contributed by atoms with Gasteiger partial charge in [0, 0.05) is 26.7 Å². The van der Waals surface area contributed by atoms with Gasteiger partial charge in [-0.2, -0.15) is 0 Å². The largest absolute Gasteiger partial charge is 0.489 e. The van der Waals surface area contributed by atoms with Gasteiger partial charge in [-0.05, 0) is 51.7 Å². The van der Waals surface area contributed by atoms with E-state index in [1.54, 1.807) is 0 Å². The van der Waals surface area contributed by atoms with Crippen LogP contribution in [0.2, 0.25) is 0 Å². The van der Waals surface area contributed by atoms with Crippen molar-refractivity contribution in [3.8, 4) is 5.75 Å². The standard InChI is InChI=1S/C22H35N3O3/c1-17-6-8-20(9-7-17)28-18(2)15-24-22(23-3)25-12-10-19(11-13-25)27-16-21-5-4-14-26-21/h6-9,18-19,21H,4-5,10-16H2,1-3H3,(H,23,24). The smallest absolute Gasteiger partial charge is 0.193 e. The van der Waals surface area contributed by atoms with Crippen LogP contribution >= 0.6 is 0 Å². The van der Waals surface area contributed by atoms with Crippen LogP contribution in [0, 0.1) is 6.92 Å². The molecule has 0 bridgehead atoms. The first-order valence-electron chi connectivity index (χ1n) is 10.6. The highest BCUT2D eigenvalue weighted by molar-refractivity contribution is 5.80. The normalized spacial score (nSPS) is 22.3. The highest BCUT2D eigenvalue weighted by atomic mass is 16.5. The van der Waals surface area contributed by atoms with E-state index in [-0.39, 0.29) is 6.10 Å². The minimum atomic E-state index is 0.0618. The highest BCUT2D eigenvalue weighted by Gasteiger charge is 2.24. The predicted molar refractivity (Wildman–Crippen MR) is 112 cm³/mol. The van der Waals surface area contributed by atoms with E-state index in [0.29, 0.717) is 12.2 Å². The fourth-order valence-electron chi connectivity index (χ4n) is 3.71. The summed E-state index contributed by atoms with van der Waals surface area (Å²) in [4.78, 5) is 6.76. The number of aliphatic imine (C=N–C) groups is 1. The summed E-state index contributed by atoms with van der Waals surface area (Å²) in [6.45, 7) is 8.43. The van der Waals surface area contributed by atoms with Crippen LogP contribution in [0.15, 0.2) is 29.3 Å². The molecule has 2 atom stereocenters. The zero-order valence-corrected chi connectivity index (χ0v) is 17.5. The van der Waals surface area contributed by atoms with Crippen molar-refractivity contribution in [3.63, 3.8) is 0 Å². The van der Waals surface area contributed by atoms with Gasteiger partial charge in [0.2, 0.25) is 0 Å². The Balaban J connectivity index is 1.36. The van der Waals surface area contributed by atoms with Gasteiger partial charge in [-0.15, -0.1) is 0 Å². The summed E-state index contributed by atoms with van der Waals surface area (Å²) in [7, 11) is 1.84. The molecule has 0 aliphatic carbocycles. The lowest BCUT2D eigenvalue weighted by atomic mass is 10.1. The number of benzene rings is 1. The minimum Gasteiger partial charge on any atom is -0.489 e. The maximum Gasteiger partial charge on any atom is 0.193 e. The maximum atomic E-state index is 6.07. The summed E-state index contributed by atoms with van der Waals surface area (Å²) in [6, 6.07) is 8.17. The molecule has 2 aliphatic heterocycles. The molecule has 0 radical (unpaired) electrons. The van der Waals surface area contributed by atoms with Crippen LogP contribution in [0.25, 0.3) is 0 Å². The van der Waals surface area contributed by atoms with Crippen molar-refractivity contribution in [1.29, 1.82) is 0 Å². The van der Waals surface area contributed by atoms with Gasteiger partial charge in [-0.1, -0.05) is 17.7 Å². The van der Waals surface area contributed by atoms with Gasteiger partial charge < -0.3 is 24.4 Å². The first kappa shape index (κ1) is 20.9. The monoisotopic (exact) mass is 389 g/mol. The number of likely N-dealkylation sites (tertiary alicyclic amines) is 1. The third kappa shape index (κ3) is 6.38. The molecule has 0 spiro atoms. The summed E-state index contributed by atoms with van der Waals surface area (Å²) in [5.74, 6) is 1.84. The fraction of sp³-hybridized carbons (Fsp3) is 0.682. The van der Waals surface area contributed by atoms with E-state index in [9.17, 15) is 0 Å². The topological polar surface area (TPSA) is 55.3 Å². The van der Waals surface area contributed by atoms with E-state index in [4.69, 9.17) is 14.2 Å². The summed E-state index contributed by atoms with van der Waals surface area (Å²) < 4.78 is 17.7. The molecule has 0 amide bonds. The van der Waals surface area contributed by atoms with Crippen molar-refractivity contribution in [1.82, 2.24) is 10.2 Å². The van der Waals surface area contributed by atoms with E-state index in [1.807, 2.05) is 19.2 Å². The van der Waals surface area contributed by atoms with Crippen LogP contribution < -0.4 is 10.1 Å². The quantitative estimate of drug-likeness (QED) is 0.574. The average molecular weight is 390 g/mol. The van der Waals surface area contributed by atoms with Gasteiger partial charge in [0.1, 0.15) is 11.9 Å². The van der Waals surface area contributed by atoms with Crippen molar-refractivity contribution >= 4 is 5.96 Å². The Morgan fingerprint density at radius 1 is 1.25 bits per heavy atom. The van der Waals surface area contributed by atoms with E-state index < -0.39 is 0 Å².